The Kier molecular flexibility index (Phi) is 26.0. The van der Waals surface area contributed by atoms with Crippen molar-refractivity contribution in [3.05, 3.63) is 6.92 Å². The molecule has 1 unspecified atom stereocenters. The van der Waals surface area contributed by atoms with Gasteiger partial charge in [-0.2, -0.15) is 0 Å². The third-order valence-electron chi connectivity index (χ3n) is 6.84. The van der Waals surface area contributed by atoms with E-state index >= 15 is 0 Å². The Morgan fingerprint density at radius 1 is 0.379 bits per heavy atom. The molecule has 0 aliphatic heterocycles. The average Bonchev–Trinajstić information content (AvgIpc) is 2.74. The summed E-state index contributed by atoms with van der Waals surface area (Å²) in [5.74, 6) is 0.910. The van der Waals surface area contributed by atoms with Crippen LogP contribution in [-0.2, 0) is 0 Å². The SMILES string of the molecule is [CH2]CC(CCCCCCCCC)CCCCCCCCCCCCCCCCC. The largest absolute Gasteiger partial charge is 0.0654 e. The Hall–Kier alpha value is 0. The molecule has 0 heteroatoms. The number of hydrogen-bond acceptors (Lipinski definition) is 0. The lowest BCUT2D eigenvalue weighted by Gasteiger charge is -2.14. The van der Waals surface area contributed by atoms with E-state index in [9.17, 15) is 0 Å². The van der Waals surface area contributed by atoms with Gasteiger partial charge in [-0.25, -0.2) is 0 Å². The summed E-state index contributed by atoms with van der Waals surface area (Å²) in [5.41, 5.74) is 0. The third-order valence-corrected chi connectivity index (χ3v) is 6.84. The maximum atomic E-state index is 4.21. The first-order valence-corrected chi connectivity index (χ1v) is 14.1. The van der Waals surface area contributed by atoms with E-state index in [0.29, 0.717) is 0 Å². The molecule has 0 nitrogen and oxygen atoms in total. The van der Waals surface area contributed by atoms with Gasteiger partial charge in [-0.3, -0.25) is 0 Å². The topological polar surface area (TPSA) is 0 Å². The second-order valence-corrected chi connectivity index (χ2v) is 9.80. The predicted octanol–water partition coefficient (Wildman–Crippen LogP) is 11.2. The van der Waals surface area contributed by atoms with Crippen LogP contribution in [-0.4, -0.2) is 0 Å². The second-order valence-electron chi connectivity index (χ2n) is 9.80. The van der Waals surface area contributed by atoms with Gasteiger partial charge in [0, 0.05) is 0 Å². The van der Waals surface area contributed by atoms with Gasteiger partial charge in [0.25, 0.3) is 0 Å². The van der Waals surface area contributed by atoms with E-state index in [1.165, 1.54) is 154 Å². The van der Waals surface area contributed by atoms with Crippen molar-refractivity contribution in [2.45, 2.75) is 174 Å². The molecule has 0 fully saturated rings. The van der Waals surface area contributed by atoms with Crippen LogP contribution in [0.3, 0.4) is 0 Å². The molecular weight excluding hydrogens is 348 g/mol. The van der Waals surface area contributed by atoms with Crippen molar-refractivity contribution in [1.29, 1.82) is 0 Å². The molecule has 0 saturated heterocycles. The van der Waals surface area contributed by atoms with E-state index in [4.69, 9.17) is 0 Å². The van der Waals surface area contributed by atoms with Crippen molar-refractivity contribution in [2.24, 2.45) is 5.92 Å². The summed E-state index contributed by atoms with van der Waals surface area (Å²) >= 11 is 0. The van der Waals surface area contributed by atoms with Crippen LogP contribution in [0.2, 0.25) is 0 Å². The van der Waals surface area contributed by atoms with Crippen LogP contribution in [0.5, 0.6) is 0 Å². The molecule has 0 spiro atoms. The van der Waals surface area contributed by atoms with Gasteiger partial charge in [0.15, 0.2) is 0 Å². The summed E-state index contributed by atoms with van der Waals surface area (Å²) in [4.78, 5) is 0. The molecule has 0 aromatic rings. The minimum atomic E-state index is 0.910. The van der Waals surface area contributed by atoms with Crippen molar-refractivity contribution < 1.29 is 0 Å². The molecule has 1 atom stereocenters. The molecule has 0 aromatic heterocycles. The Morgan fingerprint density at radius 3 is 0.862 bits per heavy atom. The van der Waals surface area contributed by atoms with Crippen LogP contribution >= 0.6 is 0 Å². The fourth-order valence-corrected chi connectivity index (χ4v) is 4.63. The highest BCUT2D eigenvalue weighted by Crippen LogP contribution is 2.22. The van der Waals surface area contributed by atoms with Crippen LogP contribution in [0.25, 0.3) is 0 Å². The normalized spacial score (nSPS) is 12.5. The molecule has 0 amide bonds. The molecule has 0 rings (SSSR count). The van der Waals surface area contributed by atoms with Gasteiger partial charge < -0.3 is 0 Å². The summed E-state index contributed by atoms with van der Waals surface area (Å²) in [5, 5.41) is 0. The zero-order valence-corrected chi connectivity index (χ0v) is 21.0. The molecule has 0 bridgehead atoms. The summed E-state index contributed by atoms with van der Waals surface area (Å²) in [6, 6.07) is 0. The zero-order valence-electron chi connectivity index (χ0n) is 21.0. The minimum Gasteiger partial charge on any atom is -0.0654 e. The smallest absolute Gasteiger partial charge is 0.0414 e. The van der Waals surface area contributed by atoms with Gasteiger partial charge in [-0.15, -0.1) is 0 Å². The quantitative estimate of drug-likeness (QED) is 0.132. The van der Waals surface area contributed by atoms with Gasteiger partial charge in [0.05, 0.1) is 0 Å². The standard InChI is InChI=1S/C29H59/c1-4-7-9-11-13-14-15-16-17-18-19-20-22-24-26-28-29(6-3)27-25-23-21-12-10-8-5-2/h29H,3-28H2,1-2H3. The first-order valence-electron chi connectivity index (χ1n) is 14.1. The predicted molar refractivity (Wildman–Crippen MR) is 136 cm³/mol. The van der Waals surface area contributed by atoms with Gasteiger partial charge in [0.2, 0.25) is 0 Å². The molecule has 0 saturated carbocycles. The van der Waals surface area contributed by atoms with Crippen LogP contribution in [0.1, 0.15) is 174 Å². The fraction of sp³-hybridized carbons (Fsp3) is 0.966. The highest BCUT2D eigenvalue weighted by Gasteiger charge is 2.06. The average molecular weight is 408 g/mol. The van der Waals surface area contributed by atoms with Gasteiger partial charge in [0.1, 0.15) is 0 Å². The molecule has 0 N–H and O–H groups in total. The van der Waals surface area contributed by atoms with Crippen LogP contribution < -0.4 is 0 Å². The van der Waals surface area contributed by atoms with Crippen molar-refractivity contribution >= 4 is 0 Å². The van der Waals surface area contributed by atoms with Crippen molar-refractivity contribution in [3.8, 4) is 0 Å². The molecular formula is C29H59. The van der Waals surface area contributed by atoms with Gasteiger partial charge in [-0.05, 0) is 5.92 Å². The lowest BCUT2D eigenvalue weighted by atomic mass is 9.92. The summed E-state index contributed by atoms with van der Waals surface area (Å²) in [6.07, 6.45) is 36.1. The maximum Gasteiger partial charge on any atom is -0.0414 e. The monoisotopic (exact) mass is 407 g/mol. The van der Waals surface area contributed by atoms with Crippen LogP contribution in [0.4, 0.5) is 0 Å². The first-order chi connectivity index (χ1) is 14.3. The molecule has 1 radical (unpaired) electrons. The summed E-state index contributed by atoms with van der Waals surface area (Å²) in [6.45, 7) is 8.82. The Bertz CT molecular complexity index is 269. The number of hydrogen-bond donors (Lipinski definition) is 0. The summed E-state index contributed by atoms with van der Waals surface area (Å²) in [7, 11) is 0. The van der Waals surface area contributed by atoms with Crippen LogP contribution in [0.15, 0.2) is 0 Å². The lowest BCUT2D eigenvalue weighted by Crippen LogP contribution is -1.99. The van der Waals surface area contributed by atoms with Gasteiger partial charge >= 0.3 is 0 Å². The summed E-state index contributed by atoms with van der Waals surface area (Å²) < 4.78 is 0. The Labute approximate surface area is 187 Å². The van der Waals surface area contributed by atoms with E-state index < -0.39 is 0 Å². The highest BCUT2D eigenvalue weighted by molar-refractivity contribution is 4.62. The van der Waals surface area contributed by atoms with E-state index in [1.54, 1.807) is 0 Å². The van der Waals surface area contributed by atoms with E-state index in [-0.39, 0.29) is 0 Å². The Balaban J connectivity index is 3.23. The zero-order chi connectivity index (χ0) is 21.3. The van der Waals surface area contributed by atoms with E-state index in [1.807, 2.05) is 0 Å². The van der Waals surface area contributed by atoms with Crippen molar-refractivity contribution in [1.82, 2.24) is 0 Å². The first kappa shape index (κ1) is 29.0. The van der Waals surface area contributed by atoms with E-state index in [2.05, 4.69) is 20.8 Å². The number of unbranched alkanes of at least 4 members (excludes halogenated alkanes) is 20. The molecule has 0 aliphatic carbocycles. The third kappa shape index (κ3) is 24.1. The van der Waals surface area contributed by atoms with Crippen LogP contribution in [0, 0.1) is 12.8 Å². The molecule has 175 valence electrons. The molecule has 0 aromatic carbocycles. The second kappa shape index (κ2) is 26.0. The number of rotatable bonds is 25. The maximum absolute atomic E-state index is 4.21. The van der Waals surface area contributed by atoms with Gasteiger partial charge in [-0.1, -0.05) is 181 Å². The van der Waals surface area contributed by atoms with Crippen molar-refractivity contribution in [2.75, 3.05) is 0 Å². The molecule has 29 heavy (non-hydrogen) atoms. The fourth-order valence-electron chi connectivity index (χ4n) is 4.63. The lowest BCUT2D eigenvalue weighted by molar-refractivity contribution is 0.404. The molecule has 0 heterocycles. The Morgan fingerprint density at radius 2 is 0.621 bits per heavy atom. The van der Waals surface area contributed by atoms with E-state index in [0.717, 1.165) is 12.3 Å². The minimum absolute atomic E-state index is 0.910. The molecule has 0 aliphatic rings. The highest BCUT2D eigenvalue weighted by atomic mass is 14.1. The van der Waals surface area contributed by atoms with Crippen molar-refractivity contribution in [3.63, 3.8) is 0 Å².